The highest BCUT2D eigenvalue weighted by atomic mass is 35.5. The lowest BCUT2D eigenvalue weighted by atomic mass is 9.99. The number of ether oxygens (including phenoxy) is 1. The Kier molecular flexibility index (Phi) is 4.85. The van der Waals surface area contributed by atoms with Crippen molar-refractivity contribution < 1.29 is 9.53 Å². The molecule has 0 bridgehead atoms. The van der Waals surface area contributed by atoms with Gasteiger partial charge in [-0.25, -0.2) is 9.97 Å². The molecule has 3 heterocycles. The van der Waals surface area contributed by atoms with Crippen LogP contribution in [0.5, 0.6) is 0 Å². The fraction of sp³-hybridized carbons (Fsp3) is 0.350. The summed E-state index contributed by atoms with van der Waals surface area (Å²) in [4.78, 5) is 20.8. The first-order chi connectivity index (χ1) is 13.1. The van der Waals surface area contributed by atoms with Crippen LogP contribution in [-0.4, -0.2) is 33.6 Å². The summed E-state index contributed by atoms with van der Waals surface area (Å²) >= 11 is 6.07. The minimum absolute atomic E-state index is 0.0416. The normalized spacial score (nSPS) is 19.5. The third kappa shape index (κ3) is 3.42. The van der Waals surface area contributed by atoms with E-state index in [9.17, 15) is 4.79 Å². The van der Waals surface area contributed by atoms with Crippen LogP contribution in [0.3, 0.4) is 0 Å². The molecule has 0 radical (unpaired) electrons. The highest BCUT2D eigenvalue weighted by molar-refractivity contribution is 6.31. The van der Waals surface area contributed by atoms with Gasteiger partial charge in [0.25, 0.3) is 5.91 Å². The van der Waals surface area contributed by atoms with Crippen LogP contribution >= 0.6 is 11.6 Å². The van der Waals surface area contributed by atoms with Crippen molar-refractivity contribution in [1.82, 2.24) is 19.9 Å². The Labute approximate surface area is 162 Å². The molecule has 2 aromatic heterocycles. The second-order valence-electron chi connectivity index (χ2n) is 6.79. The van der Waals surface area contributed by atoms with Crippen molar-refractivity contribution in [3.05, 3.63) is 58.6 Å². The summed E-state index contributed by atoms with van der Waals surface area (Å²) in [5, 5.41) is 4.27. The van der Waals surface area contributed by atoms with Gasteiger partial charge in [-0.05, 0) is 49.9 Å². The molecule has 2 atom stereocenters. The molecule has 27 heavy (non-hydrogen) atoms. The monoisotopic (exact) mass is 384 g/mol. The Balaban J connectivity index is 1.54. The third-order valence-electron chi connectivity index (χ3n) is 5.10. The fourth-order valence-electron chi connectivity index (χ4n) is 3.69. The Hall–Kier alpha value is -2.44. The van der Waals surface area contributed by atoms with E-state index in [2.05, 4.69) is 19.9 Å². The minimum Gasteiger partial charge on any atom is -0.355 e. The lowest BCUT2D eigenvalue weighted by Gasteiger charge is -2.17. The van der Waals surface area contributed by atoms with Gasteiger partial charge in [0.05, 0.1) is 11.8 Å². The molecule has 1 amide bonds. The summed E-state index contributed by atoms with van der Waals surface area (Å²) in [6.45, 7) is 1.98. The molecule has 6 nitrogen and oxygen atoms in total. The van der Waals surface area contributed by atoms with E-state index in [4.69, 9.17) is 16.3 Å². The summed E-state index contributed by atoms with van der Waals surface area (Å²) in [6, 6.07) is 7.46. The summed E-state index contributed by atoms with van der Waals surface area (Å²) in [5.74, 6) is -0.134. The van der Waals surface area contributed by atoms with Crippen molar-refractivity contribution in [1.29, 1.82) is 0 Å². The molecule has 2 unspecified atom stereocenters. The van der Waals surface area contributed by atoms with Gasteiger partial charge >= 0.3 is 0 Å². The topological polar surface area (TPSA) is 69.0 Å². The fourth-order valence-corrected chi connectivity index (χ4v) is 3.86. The summed E-state index contributed by atoms with van der Waals surface area (Å²) in [7, 11) is 1.62. The number of carbonyl (C=O) groups excluding carboxylic acids is 1. The van der Waals surface area contributed by atoms with Crippen LogP contribution < -0.4 is 5.32 Å². The zero-order chi connectivity index (χ0) is 19.0. The Morgan fingerprint density at radius 3 is 3.00 bits per heavy atom. The number of amides is 1. The molecule has 4 rings (SSSR count). The van der Waals surface area contributed by atoms with E-state index in [-0.39, 0.29) is 18.2 Å². The van der Waals surface area contributed by atoms with E-state index in [0.717, 1.165) is 35.1 Å². The molecular formula is C20H21ClN4O2. The van der Waals surface area contributed by atoms with Crippen LogP contribution in [0, 0.1) is 6.92 Å². The first-order valence-electron chi connectivity index (χ1n) is 9.01. The van der Waals surface area contributed by atoms with Gasteiger partial charge in [-0.1, -0.05) is 17.7 Å². The number of halogens is 1. The smallest absolute Gasteiger partial charge is 0.251 e. The van der Waals surface area contributed by atoms with Crippen molar-refractivity contribution in [2.75, 3.05) is 7.05 Å². The van der Waals surface area contributed by atoms with Crippen LogP contribution in [0.1, 0.15) is 40.7 Å². The lowest BCUT2D eigenvalue weighted by Crippen LogP contribution is -2.21. The van der Waals surface area contributed by atoms with E-state index in [1.165, 1.54) is 0 Å². The zero-order valence-corrected chi connectivity index (χ0v) is 16.0. The number of benzene rings is 1. The van der Waals surface area contributed by atoms with Crippen molar-refractivity contribution in [2.24, 2.45) is 0 Å². The third-order valence-corrected chi connectivity index (χ3v) is 5.33. The van der Waals surface area contributed by atoms with Crippen LogP contribution in [-0.2, 0) is 11.2 Å². The Morgan fingerprint density at radius 2 is 2.19 bits per heavy atom. The second-order valence-corrected chi connectivity index (χ2v) is 7.23. The minimum atomic E-state index is -0.134. The number of carbonyl (C=O) groups is 1. The molecule has 7 heteroatoms. The van der Waals surface area contributed by atoms with Crippen molar-refractivity contribution in [2.45, 2.75) is 38.5 Å². The molecule has 1 N–H and O–H groups in total. The SMILES string of the molecule is CNC(=O)c1cc(Cl)ccc1CC1CCC(n2ccc3c(C)ncnc32)O1. The van der Waals surface area contributed by atoms with Gasteiger partial charge in [0.15, 0.2) is 0 Å². The van der Waals surface area contributed by atoms with E-state index >= 15 is 0 Å². The molecule has 3 aromatic rings. The zero-order valence-electron chi connectivity index (χ0n) is 15.3. The van der Waals surface area contributed by atoms with E-state index < -0.39 is 0 Å². The summed E-state index contributed by atoms with van der Waals surface area (Å²) in [5.41, 5.74) is 3.40. The van der Waals surface area contributed by atoms with Gasteiger partial charge in [0, 0.05) is 29.2 Å². The van der Waals surface area contributed by atoms with Gasteiger partial charge < -0.3 is 14.6 Å². The number of aromatic nitrogens is 3. The highest BCUT2D eigenvalue weighted by Gasteiger charge is 2.29. The van der Waals surface area contributed by atoms with Crippen LogP contribution in [0.15, 0.2) is 36.8 Å². The number of hydrogen-bond acceptors (Lipinski definition) is 4. The Morgan fingerprint density at radius 1 is 1.33 bits per heavy atom. The molecule has 1 fully saturated rings. The van der Waals surface area contributed by atoms with Crippen molar-refractivity contribution in [3.8, 4) is 0 Å². The number of nitrogens with zero attached hydrogens (tertiary/aromatic N) is 3. The second kappa shape index (κ2) is 7.29. The maximum atomic E-state index is 12.2. The number of nitrogens with one attached hydrogen (secondary N) is 1. The van der Waals surface area contributed by atoms with Crippen molar-refractivity contribution in [3.63, 3.8) is 0 Å². The van der Waals surface area contributed by atoms with Gasteiger partial charge in [0.2, 0.25) is 0 Å². The van der Waals surface area contributed by atoms with E-state index in [0.29, 0.717) is 17.0 Å². The van der Waals surface area contributed by atoms with Crippen LogP contribution in [0.4, 0.5) is 0 Å². The number of hydrogen-bond donors (Lipinski definition) is 1. The quantitative estimate of drug-likeness (QED) is 0.745. The number of fused-ring (bicyclic) bond motifs is 1. The molecule has 1 saturated heterocycles. The largest absolute Gasteiger partial charge is 0.355 e. The number of aryl methyl sites for hydroxylation is 1. The van der Waals surface area contributed by atoms with Gasteiger partial charge in [-0.15, -0.1) is 0 Å². The van der Waals surface area contributed by atoms with E-state index in [1.807, 2.05) is 31.3 Å². The predicted octanol–water partition coefficient (Wildman–Crippen LogP) is 3.67. The molecule has 1 aromatic carbocycles. The lowest BCUT2D eigenvalue weighted by molar-refractivity contribution is 0.00500. The maximum Gasteiger partial charge on any atom is 0.251 e. The molecule has 1 aliphatic heterocycles. The van der Waals surface area contributed by atoms with Crippen molar-refractivity contribution >= 4 is 28.5 Å². The maximum absolute atomic E-state index is 12.2. The first kappa shape index (κ1) is 17.9. The van der Waals surface area contributed by atoms with E-state index in [1.54, 1.807) is 19.4 Å². The standard InChI is InChI=1S/C20H21ClN4O2/c1-12-16-7-8-25(19(16)24-11-23-12)18-6-5-15(27-18)9-13-3-4-14(21)10-17(13)20(26)22-2/h3-4,7-8,10-11,15,18H,5-6,9H2,1-2H3,(H,22,26). The van der Waals surface area contributed by atoms with Crippen LogP contribution in [0.25, 0.3) is 11.0 Å². The number of rotatable bonds is 4. The molecular weight excluding hydrogens is 364 g/mol. The van der Waals surface area contributed by atoms with Gasteiger partial charge in [-0.3, -0.25) is 4.79 Å². The average Bonchev–Trinajstić information content (AvgIpc) is 3.30. The molecule has 0 aliphatic carbocycles. The molecule has 140 valence electrons. The van der Waals surface area contributed by atoms with Gasteiger partial charge in [0.1, 0.15) is 18.2 Å². The summed E-state index contributed by atoms with van der Waals surface area (Å²) < 4.78 is 8.37. The molecule has 0 spiro atoms. The molecule has 1 aliphatic rings. The van der Waals surface area contributed by atoms with Gasteiger partial charge in [-0.2, -0.15) is 0 Å². The Bertz CT molecular complexity index is 1000. The predicted molar refractivity (Wildman–Crippen MR) is 104 cm³/mol. The first-order valence-corrected chi connectivity index (χ1v) is 9.38. The molecule has 0 saturated carbocycles. The average molecular weight is 385 g/mol. The van der Waals surface area contributed by atoms with Crippen LogP contribution in [0.2, 0.25) is 5.02 Å². The summed E-state index contributed by atoms with van der Waals surface area (Å²) in [6.07, 6.45) is 6.08. The highest BCUT2D eigenvalue weighted by Crippen LogP contribution is 2.33.